The van der Waals surface area contributed by atoms with E-state index in [9.17, 15) is 0 Å². The van der Waals surface area contributed by atoms with Crippen molar-refractivity contribution in [2.45, 2.75) is 18.8 Å². The Morgan fingerprint density at radius 3 is 2.77 bits per heavy atom. The number of nitrogens with zero attached hydrogens (tertiary/aromatic N) is 1. The van der Waals surface area contributed by atoms with Crippen LogP contribution in [0.5, 0.6) is 0 Å². The molecule has 0 bridgehead atoms. The SMILES string of the molecule is CN1CCC(c2c[c]ccc2)CC1. The van der Waals surface area contributed by atoms with Gasteiger partial charge in [-0.15, -0.1) is 0 Å². The predicted molar refractivity (Wildman–Crippen MR) is 54.8 cm³/mol. The van der Waals surface area contributed by atoms with Gasteiger partial charge in [0.1, 0.15) is 0 Å². The molecule has 0 aliphatic carbocycles. The van der Waals surface area contributed by atoms with Crippen LogP contribution in [0, 0.1) is 6.07 Å². The Bertz CT molecular complexity index is 247. The summed E-state index contributed by atoms with van der Waals surface area (Å²) < 4.78 is 0. The molecule has 1 saturated heterocycles. The molecule has 0 spiro atoms. The highest BCUT2D eigenvalue weighted by Gasteiger charge is 2.17. The monoisotopic (exact) mass is 174 g/mol. The van der Waals surface area contributed by atoms with Gasteiger partial charge in [0.2, 0.25) is 0 Å². The first kappa shape index (κ1) is 8.76. The number of likely N-dealkylation sites (tertiary alicyclic amines) is 1. The average Bonchev–Trinajstić information content (AvgIpc) is 2.20. The van der Waals surface area contributed by atoms with Gasteiger partial charge < -0.3 is 4.90 Å². The lowest BCUT2D eigenvalue weighted by atomic mass is 9.90. The van der Waals surface area contributed by atoms with Crippen LogP contribution in [0.2, 0.25) is 0 Å². The minimum Gasteiger partial charge on any atom is -0.306 e. The van der Waals surface area contributed by atoms with Crippen molar-refractivity contribution in [3.05, 3.63) is 35.9 Å². The van der Waals surface area contributed by atoms with Gasteiger partial charge in [-0.05, 0) is 50.5 Å². The Kier molecular flexibility index (Phi) is 2.65. The largest absolute Gasteiger partial charge is 0.306 e. The summed E-state index contributed by atoms with van der Waals surface area (Å²) in [4.78, 5) is 2.41. The molecule has 1 aromatic rings. The van der Waals surface area contributed by atoms with E-state index in [1.807, 2.05) is 6.07 Å². The van der Waals surface area contributed by atoms with Crippen LogP contribution in [0.15, 0.2) is 24.3 Å². The Balaban J connectivity index is 2.03. The molecular formula is C12H16N. The summed E-state index contributed by atoms with van der Waals surface area (Å²) in [7, 11) is 2.20. The molecule has 0 unspecified atom stereocenters. The number of rotatable bonds is 1. The second-order valence-electron chi connectivity index (χ2n) is 3.91. The zero-order chi connectivity index (χ0) is 9.10. The fourth-order valence-corrected chi connectivity index (χ4v) is 2.00. The molecular weight excluding hydrogens is 158 g/mol. The second-order valence-corrected chi connectivity index (χ2v) is 3.91. The Morgan fingerprint density at radius 2 is 2.15 bits per heavy atom. The lowest BCUT2D eigenvalue weighted by molar-refractivity contribution is 0.255. The number of benzene rings is 1. The standard InChI is InChI=1S/C12H16N/c1-13-9-7-12(8-10-13)11-5-3-2-4-6-11/h2-3,5-6,12H,7-10H2,1H3. The molecule has 1 aliphatic rings. The maximum Gasteiger partial charge on any atom is -0.00159 e. The number of hydrogen-bond donors (Lipinski definition) is 0. The summed E-state index contributed by atoms with van der Waals surface area (Å²) in [6.07, 6.45) is 2.60. The number of piperidine rings is 1. The van der Waals surface area contributed by atoms with E-state index in [-0.39, 0.29) is 0 Å². The molecule has 0 atom stereocenters. The normalized spacial score (nSPS) is 20.4. The summed E-state index contributed by atoms with van der Waals surface area (Å²) in [6.45, 7) is 2.47. The molecule has 1 heteroatoms. The van der Waals surface area contributed by atoms with E-state index < -0.39 is 0 Å². The summed E-state index contributed by atoms with van der Waals surface area (Å²) >= 11 is 0. The molecule has 1 heterocycles. The van der Waals surface area contributed by atoms with Crippen molar-refractivity contribution in [3.8, 4) is 0 Å². The third-order valence-electron chi connectivity index (χ3n) is 2.92. The zero-order valence-corrected chi connectivity index (χ0v) is 8.16. The Labute approximate surface area is 80.4 Å². The van der Waals surface area contributed by atoms with Gasteiger partial charge >= 0.3 is 0 Å². The Hall–Kier alpha value is -0.820. The summed E-state index contributed by atoms with van der Waals surface area (Å²) in [6, 6.07) is 11.6. The van der Waals surface area contributed by atoms with E-state index >= 15 is 0 Å². The van der Waals surface area contributed by atoms with Crippen LogP contribution in [0.25, 0.3) is 0 Å². The molecule has 1 radical (unpaired) electrons. The van der Waals surface area contributed by atoms with E-state index in [2.05, 4.69) is 36.2 Å². The Morgan fingerprint density at radius 1 is 1.38 bits per heavy atom. The molecule has 0 aromatic heterocycles. The third kappa shape index (κ3) is 2.10. The summed E-state index contributed by atoms with van der Waals surface area (Å²) in [5, 5.41) is 0. The molecule has 13 heavy (non-hydrogen) atoms. The van der Waals surface area contributed by atoms with Crippen molar-refractivity contribution in [1.82, 2.24) is 4.90 Å². The summed E-state index contributed by atoms with van der Waals surface area (Å²) in [5.74, 6) is 0.772. The van der Waals surface area contributed by atoms with Gasteiger partial charge in [0, 0.05) is 0 Å². The van der Waals surface area contributed by atoms with Crippen LogP contribution in [-0.2, 0) is 0 Å². The van der Waals surface area contributed by atoms with E-state index in [0.29, 0.717) is 0 Å². The molecule has 69 valence electrons. The highest BCUT2D eigenvalue weighted by atomic mass is 15.1. The molecule has 0 N–H and O–H groups in total. The topological polar surface area (TPSA) is 3.24 Å². The van der Waals surface area contributed by atoms with Crippen LogP contribution >= 0.6 is 0 Å². The van der Waals surface area contributed by atoms with E-state index in [4.69, 9.17) is 0 Å². The lowest BCUT2D eigenvalue weighted by Gasteiger charge is -2.29. The van der Waals surface area contributed by atoms with Gasteiger partial charge in [-0.1, -0.05) is 24.3 Å². The minimum atomic E-state index is 0.772. The predicted octanol–water partition coefficient (Wildman–Crippen LogP) is 2.30. The fourth-order valence-electron chi connectivity index (χ4n) is 2.00. The van der Waals surface area contributed by atoms with Crippen LogP contribution < -0.4 is 0 Å². The average molecular weight is 174 g/mol. The first-order chi connectivity index (χ1) is 6.36. The smallest absolute Gasteiger partial charge is 0.00159 e. The number of hydrogen-bond acceptors (Lipinski definition) is 1. The van der Waals surface area contributed by atoms with Crippen molar-refractivity contribution < 1.29 is 0 Å². The first-order valence-corrected chi connectivity index (χ1v) is 5.01. The summed E-state index contributed by atoms with van der Waals surface area (Å²) in [5.41, 5.74) is 1.47. The minimum absolute atomic E-state index is 0.772. The highest BCUT2D eigenvalue weighted by Crippen LogP contribution is 2.26. The maximum atomic E-state index is 3.16. The molecule has 0 saturated carbocycles. The van der Waals surface area contributed by atoms with Crippen LogP contribution in [-0.4, -0.2) is 25.0 Å². The van der Waals surface area contributed by atoms with E-state index in [1.54, 1.807) is 0 Å². The van der Waals surface area contributed by atoms with Crippen molar-refractivity contribution in [1.29, 1.82) is 0 Å². The van der Waals surface area contributed by atoms with Crippen molar-refractivity contribution in [3.63, 3.8) is 0 Å². The van der Waals surface area contributed by atoms with Gasteiger partial charge in [-0.3, -0.25) is 0 Å². The lowest BCUT2D eigenvalue weighted by Crippen LogP contribution is -2.29. The van der Waals surface area contributed by atoms with Gasteiger partial charge in [-0.25, -0.2) is 0 Å². The second kappa shape index (κ2) is 3.93. The quantitative estimate of drug-likeness (QED) is 0.631. The third-order valence-corrected chi connectivity index (χ3v) is 2.92. The van der Waals surface area contributed by atoms with Crippen LogP contribution in [0.1, 0.15) is 24.3 Å². The zero-order valence-electron chi connectivity index (χ0n) is 8.16. The molecule has 2 rings (SSSR count). The van der Waals surface area contributed by atoms with E-state index in [1.165, 1.54) is 31.5 Å². The molecule has 1 aromatic carbocycles. The van der Waals surface area contributed by atoms with Crippen molar-refractivity contribution in [2.75, 3.05) is 20.1 Å². The van der Waals surface area contributed by atoms with Crippen LogP contribution in [0.4, 0.5) is 0 Å². The van der Waals surface area contributed by atoms with Gasteiger partial charge in [-0.2, -0.15) is 0 Å². The van der Waals surface area contributed by atoms with Crippen molar-refractivity contribution in [2.24, 2.45) is 0 Å². The molecule has 1 fully saturated rings. The van der Waals surface area contributed by atoms with Gasteiger partial charge in [0.05, 0.1) is 0 Å². The van der Waals surface area contributed by atoms with Crippen LogP contribution in [0.3, 0.4) is 0 Å². The molecule has 1 aliphatic heterocycles. The fraction of sp³-hybridized carbons (Fsp3) is 0.500. The molecule has 0 amide bonds. The van der Waals surface area contributed by atoms with Gasteiger partial charge in [0.15, 0.2) is 0 Å². The maximum absolute atomic E-state index is 3.16. The van der Waals surface area contributed by atoms with Gasteiger partial charge in [0.25, 0.3) is 0 Å². The molecule has 1 nitrogen and oxygen atoms in total. The van der Waals surface area contributed by atoms with Crippen molar-refractivity contribution >= 4 is 0 Å². The highest BCUT2D eigenvalue weighted by molar-refractivity contribution is 5.19. The van der Waals surface area contributed by atoms with E-state index in [0.717, 1.165) is 5.92 Å². The first-order valence-electron chi connectivity index (χ1n) is 5.01.